The average molecular weight is 376 g/mol. The number of hydrogen-bond acceptors (Lipinski definition) is 3. The van der Waals surface area contributed by atoms with Crippen LogP contribution in [0, 0.1) is 11.6 Å². The van der Waals surface area contributed by atoms with Crippen LogP contribution in [0.25, 0.3) is 0 Å². The summed E-state index contributed by atoms with van der Waals surface area (Å²) in [6.45, 7) is 0.612. The number of ether oxygens (including phenoxy) is 1. The smallest absolute Gasteiger partial charge is 0.335 e. The van der Waals surface area contributed by atoms with Crippen molar-refractivity contribution in [1.29, 1.82) is 0 Å². The topological polar surface area (TPSA) is 87.7 Å². The van der Waals surface area contributed by atoms with Gasteiger partial charge in [-0.15, -0.1) is 0 Å². The first-order chi connectivity index (χ1) is 12.9. The fourth-order valence-electron chi connectivity index (χ4n) is 2.92. The Morgan fingerprint density at radius 2 is 1.85 bits per heavy atom. The van der Waals surface area contributed by atoms with Crippen molar-refractivity contribution in [1.82, 2.24) is 10.6 Å². The molecular weight excluding hydrogens is 358 g/mol. The molecule has 0 saturated carbocycles. The number of aromatic carboxylic acids is 1. The van der Waals surface area contributed by atoms with Gasteiger partial charge >= 0.3 is 12.0 Å². The van der Waals surface area contributed by atoms with Crippen molar-refractivity contribution in [3.8, 4) is 0 Å². The molecule has 2 amide bonds. The largest absolute Gasteiger partial charge is 0.478 e. The summed E-state index contributed by atoms with van der Waals surface area (Å²) >= 11 is 0. The van der Waals surface area contributed by atoms with Gasteiger partial charge in [0, 0.05) is 13.2 Å². The summed E-state index contributed by atoms with van der Waals surface area (Å²) < 4.78 is 32.1. The minimum absolute atomic E-state index is 0.167. The molecule has 6 nitrogen and oxygen atoms in total. The van der Waals surface area contributed by atoms with E-state index in [1.54, 1.807) is 12.1 Å². The molecule has 0 bridgehead atoms. The second-order valence-corrected chi connectivity index (χ2v) is 6.19. The van der Waals surface area contributed by atoms with Crippen molar-refractivity contribution in [3.63, 3.8) is 0 Å². The fourth-order valence-corrected chi connectivity index (χ4v) is 2.92. The fraction of sp³-hybridized carbons (Fsp3) is 0.263. The van der Waals surface area contributed by atoms with Crippen molar-refractivity contribution >= 4 is 12.0 Å². The lowest BCUT2D eigenvalue weighted by Gasteiger charge is -2.20. The first-order valence-corrected chi connectivity index (χ1v) is 8.37. The Kier molecular flexibility index (Phi) is 5.66. The van der Waals surface area contributed by atoms with E-state index >= 15 is 0 Å². The number of carboxylic acids is 1. The van der Waals surface area contributed by atoms with Gasteiger partial charge in [0.1, 0.15) is 6.10 Å². The molecule has 2 unspecified atom stereocenters. The van der Waals surface area contributed by atoms with Gasteiger partial charge in [-0.2, -0.15) is 0 Å². The predicted octanol–water partition coefficient (Wildman–Crippen LogP) is 2.99. The Hall–Kier alpha value is -3.00. The van der Waals surface area contributed by atoms with E-state index in [0.29, 0.717) is 18.6 Å². The normalized spacial score (nSPS) is 18.9. The molecule has 2 aromatic carbocycles. The molecule has 2 atom stereocenters. The van der Waals surface area contributed by atoms with Crippen LogP contribution >= 0.6 is 0 Å². The number of carboxylic acid groups (broad SMARTS) is 1. The second kappa shape index (κ2) is 8.13. The molecule has 3 N–H and O–H groups in total. The molecular formula is C19H18F2N2O4. The molecule has 1 fully saturated rings. The monoisotopic (exact) mass is 376 g/mol. The lowest BCUT2D eigenvalue weighted by Crippen LogP contribution is -2.43. The van der Waals surface area contributed by atoms with Crippen molar-refractivity contribution in [2.45, 2.75) is 25.1 Å². The minimum atomic E-state index is -1.02. The number of nitrogens with one attached hydrogen (secondary N) is 2. The van der Waals surface area contributed by atoms with Crippen LogP contribution in [0.1, 0.15) is 34.0 Å². The molecule has 142 valence electrons. The summed E-state index contributed by atoms with van der Waals surface area (Å²) in [6.07, 6.45) is -0.00888. The quantitative estimate of drug-likeness (QED) is 0.749. The molecule has 8 heteroatoms. The number of carbonyl (C=O) groups excluding carboxylic acids is 1. The summed E-state index contributed by atoms with van der Waals surface area (Å²) in [5, 5.41) is 14.3. The Morgan fingerprint density at radius 1 is 1.11 bits per heavy atom. The van der Waals surface area contributed by atoms with E-state index in [1.807, 2.05) is 0 Å². The van der Waals surface area contributed by atoms with E-state index < -0.39 is 29.7 Å². The van der Waals surface area contributed by atoms with E-state index in [4.69, 9.17) is 9.84 Å². The van der Waals surface area contributed by atoms with Crippen molar-refractivity contribution in [3.05, 3.63) is 70.8 Å². The summed E-state index contributed by atoms with van der Waals surface area (Å²) in [6, 6.07) is 8.89. The molecule has 0 aromatic heterocycles. The van der Waals surface area contributed by atoms with Gasteiger partial charge in [-0.25, -0.2) is 18.4 Å². The molecule has 2 aromatic rings. The van der Waals surface area contributed by atoms with Gasteiger partial charge in [-0.1, -0.05) is 18.2 Å². The van der Waals surface area contributed by atoms with Gasteiger partial charge in [-0.05, 0) is 41.8 Å². The van der Waals surface area contributed by atoms with Crippen molar-refractivity contribution in [2.75, 3.05) is 6.61 Å². The molecule has 27 heavy (non-hydrogen) atoms. The summed E-state index contributed by atoms with van der Waals surface area (Å²) in [4.78, 5) is 23.0. The Morgan fingerprint density at radius 3 is 2.52 bits per heavy atom. The van der Waals surface area contributed by atoms with E-state index in [9.17, 15) is 18.4 Å². The zero-order chi connectivity index (χ0) is 19.4. The summed E-state index contributed by atoms with van der Waals surface area (Å²) in [5.41, 5.74) is 1.37. The highest BCUT2D eigenvalue weighted by Crippen LogP contribution is 2.30. The van der Waals surface area contributed by atoms with Crippen LogP contribution in [-0.4, -0.2) is 29.8 Å². The summed E-state index contributed by atoms with van der Waals surface area (Å²) in [7, 11) is 0. The highest BCUT2D eigenvalue weighted by atomic mass is 19.2. The Bertz CT molecular complexity index is 842. The Balaban J connectivity index is 1.56. The number of rotatable bonds is 5. The maximum absolute atomic E-state index is 13.4. The van der Waals surface area contributed by atoms with Crippen LogP contribution in [0.2, 0.25) is 0 Å². The molecule has 1 heterocycles. The van der Waals surface area contributed by atoms with Gasteiger partial charge in [0.05, 0.1) is 11.6 Å². The summed E-state index contributed by atoms with van der Waals surface area (Å²) in [5.74, 6) is -2.92. The van der Waals surface area contributed by atoms with E-state index in [1.165, 1.54) is 18.2 Å². The van der Waals surface area contributed by atoms with Crippen LogP contribution in [0.3, 0.4) is 0 Å². The van der Waals surface area contributed by atoms with E-state index in [2.05, 4.69) is 10.6 Å². The molecule has 1 saturated heterocycles. The number of urea groups is 1. The van der Waals surface area contributed by atoms with Crippen molar-refractivity contribution < 1.29 is 28.2 Å². The minimum Gasteiger partial charge on any atom is -0.478 e. The third-order valence-electron chi connectivity index (χ3n) is 4.33. The molecule has 1 aliphatic rings. The molecule has 3 rings (SSSR count). The number of carbonyl (C=O) groups is 2. The van der Waals surface area contributed by atoms with Gasteiger partial charge in [0.15, 0.2) is 11.6 Å². The molecule has 0 spiro atoms. The first-order valence-electron chi connectivity index (χ1n) is 8.37. The SMILES string of the molecule is O=C(NCc1ccc(C(=O)O)cc1)NC1CCOC1c1ccc(F)c(F)c1. The zero-order valence-electron chi connectivity index (χ0n) is 14.2. The highest BCUT2D eigenvalue weighted by molar-refractivity contribution is 5.87. The van der Waals surface area contributed by atoms with Crippen LogP contribution in [0.4, 0.5) is 13.6 Å². The van der Waals surface area contributed by atoms with Gasteiger partial charge in [0.2, 0.25) is 0 Å². The number of benzene rings is 2. The van der Waals surface area contributed by atoms with Gasteiger partial charge in [0.25, 0.3) is 0 Å². The van der Waals surface area contributed by atoms with Crippen LogP contribution in [0.5, 0.6) is 0 Å². The standard InChI is InChI=1S/C19H18F2N2O4/c20-14-6-5-13(9-15(14)21)17-16(7-8-27-17)23-19(26)22-10-11-1-3-12(4-2-11)18(24)25/h1-6,9,16-17H,7-8,10H2,(H,24,25)(H2,22,23,26). The maximum atomic E-state index is 13.4. The van der Waals surface area contributed by atoms with Crippen LogP contribution in [0.15, 0.2) is 42.5 Å². The Labute approximate surface area is 154 Å². The van der Waals surface area contributed by atoms with E-state index in [0.717, 1.165) is 17.7 Å². The number of halogens is 2. The second-order valence-electron chi connectivity index (χ2n) is 6.19. The van der Waals surface area contributed by atoms with Crippen LogP contribution < -0.4 is 10.6 Å². The van der Waals surface area contributed by atoms with Gasteiger partial charge < -0.3 is 20.5 Å². The third kappa shape index (κ3) is 4.59. The van der Waals surface area contributed by atoms with Gasteiger partial charge in [-0.3, -0.25) is 0 Å². The average Bonchev–Trinajstić information content (AvgIpc) is 3.10. The molecule has 0 aliphatic carbocycles. The highest BCUT2D eigenvalue weighted by Gasteiger charge is 2.31. The first kappa shape index (κ1) is 18.8. The maximum Gasteiger partial charge on any atom is 0.335 e. The zero-order valence-corrected chi connectivity index (χ0v) is 14.2. The molecule has 1 aliphatic heterocycles. The van der Waals surface area contributed by atoms with E-state index in [-0.39, 0.29) is 18.2 Å². The third-order valence-corrected chi connectivity index (χ3v) is 4.33. The van der Waals surface area contributed by atoms with Crippen LogP contribution in [-0.2, 0) is 11.3 Å². The lowest BCUT2D eigenvalue weighted by molar-refractivity contribution is 0.0697. The number of hydrogen-bond donors (Lipinski definition) is 3. The number of amides is 2. The lowest BCUT2D eigenvalue weighted by atomic mass is 10.0. The molecule has 0 radical (unpaired) electrons. The van der Waals surface area contributed by atoms with Crippen molar-refractivity contribution in [2.24, 2.45) is 0 Å². The predicted molar refractivity (Wildman–Crippen MR) is 92.2 cm³/mol.